The molecule has 0 saturated carbocycles. The number of hydrogen-bond acceptors (Lipinski definition) is 8. The van der Waals surface area contributed by atoms with Crippen LogP contribution in [-0.4, -0.2) is 44.9 Å². The summed E-state index contributed by atoms with van der Waals surface area (Å²) in [5.41, 5.74) is 2.99. The van der Waals surface area contributed by atoms with Crippen LogP contribution in [0.4, 0.5) is 5.13 Å². The number of thiazole rings is 1. The number of aliphatic hydroxyl groups is 1. The van der Waals surface area contributed by atoms with Crippen molar-refractivity contribution in [2.24, 2.45) is 0 Å². The number of ketones is 1. The van der Waals surface area contributed by atoms with E-state index >= 15 is 0 Å². The second-order valence-corrected chi connectivity index (χ2v) is 10.3. The maximum atomic E-state index is 13.5. The van der Waals surface area contributed by atoms with E-state index in [4.69, 9.17) is 9.47 Å². The van der Waals surface area contributed by atoms with Crippen molar-refractivity contribution >= 4 is 39.6 Å². The number of pyridine rings is 1. The van der Waals surface area contributed by atoms with Crippen molar-refractivity contribution < 1.29 is 24.2 Å². The van der Waals surface area contributed by atoms with E-state index in [1.165, 1.54) is 23.3 Å². The highest BCUT2D eigenvalue weighted by Crippen LogP contribution is 2.44. The SMILES string of the molecule is CCCCCOc1ccc(C2/C(=C(\O)c3nc4c(C)cccn4c3C)C(=O)C(=O)N2c2nccs2)cc1OC. The van der Waals surface area contributed by atoms with Crippen LogP contribution in [0, 0.1) is 13.8 Å². The molecule has 1 atom stereocenters. The zero-order valence-corrected chi connectivity index (χ0v) is 23.1. The van der Waals surface area contributed by atoms with E-state index in [-0.39, 0.29) is 17.0 Å². The topological polar surface area (TPSA) is 106 Å². The summed E-state index contributed by atoms with van der Waals surface area (Å²) in [4.78, 5) is 37.2. The van der Waals surface area contributed by atoms with E-state index in [1.807, 2.05) is 36.6 Å². The monoisotopic (exact) mass is 546 g/mol. The van der Waals surface area contributed by atoms with Crippen LogP contribution in [0.5, 0.6) is 11.5 Å². The predicted octanol–water partition coefficient (Wildman–Crippen LogP) is 5.61. The van der Waals surface area contributed by atoms with Crippen molar-refractivity contribution in [3.8, 4) is 11.5 Å². The minimum absolute atomic E-state index is 0.0574. The van der Waals surface area contributed by atoms with E-state index < -0.39 is 17.7 Å². The molecule has 1 N–H and O–H groups in total. The summed E-state index contributed by atoms with van der Waals surface area (Å²) in [6.07, 6.45) is 6.48. The highest BCUT2D eigenvalue weighted by molar-refractivity contribution is 7.14. The molecule has 1 fully saturated rings. The summed E-state index contributed by atoms with van der Waals surface area (Å²) in [5.74, 6) is -0.881. The van der Waals surface area contributed by atoms with Gasteiger partial charge in [-0.15, -0.1) is 11.3 Å². The number of aliphatic hydroxyl groups excluding tert-OH is 1. The standard InChI is InChI=1S/C29H30N4O5S/c1-5-6-7-14-38-20-11-10-19(16-21(20)37-4)24-22(26(35)28(36)33(24)29-30-12-15-39-29)25(34)23-18(3)32-13-8-9-17(2)27(32)31-23/h8-13,15-16,24,34H,5-7,14H2,1-4H3/b25-22+. The maximum Gasteiger partial charge on any atom is 0.301 e. The molecule has 10 heteroatoms. The summed E-state index contributed by atoms with van der Waals surface area (Å²) >= 11 is 1.23. The van der Waals surface area contributed by atoms with Crippen molar-refractivity contribution in [2.75, 3.05) is 18.6 Å². The van der Waals surface area contributed by atoms with Crippen LogP contribution in [-0.2, 0) is 9.59 Å². The molecule has 1 aliphatic rings. The van der Waals surface area contributed by atoms with Crippen LogP contribution in [0.25, 0.3) is 11.4 Å². The number of rotatable bonds is 9. The van der Waals surface area contributed by atoms with E-state index in [0.29, 0.717) is 40.1 Å². The quantitative estimate of drug-likeness (QED) is 0.126. The van der Waals surface area contributed by atoms with Crippen LogP contribution in [0.1, 0.15) is 54.7 Å². The Hall–Kier alpha value is -4.18. The first-order chi connectivity index (χ1) is 18.9. The molecule has 3 aromatic heterocycles. The van der Waals surface area contributed by atoms with Crippen LogP contribution in [0.3, 0.4) is 0 Å². The smallest absolute Gasteiger partial charge is 0.301 e. The van der Waals surface area contributed by atoms with Gasteiger partial charge in [-0.2, -0.15) is 0 Å². The first-order valence-corrected chi connectivity index (χ1v) is 13.7. The molecule has 4 heterocycles. The van der Waals surface area contributed by atoms with Crippen LogP contribution >= 0.6 is 11.3 Å². The lowest BCUT2D eigenvalue weighted by Crippen LogP contribution is -2.29. The van der Waals surface area contributed by atoms with Gasteiger partial charge in [0.05, 0.1) is 31.0 Å². The van der Waals surface area contributed by atoms with E-state index in [2.05, 4.69) is 16.9 Å². The lowest BCUT2D eigenvalue weighted by Gasteiger charge is -2.23. The van der Waals surface area contributed by atoms with Crippen LogP contribution < -0.4 is 14.4 Å². The highest BCUT2D eigenvalue weighted by atomic mass is 32.1. The Bertz CT molecular complexity index is 1570. The number of anilines is 1. The number of aromatic nitrogens is 3. The predicted molar refractivity (Wildman–Crippen MR) is 150 cm³/mol. The number of fused-ring (bicyclic) bond motifs is 1. The third-order valence-corrected chi connectivity index (χ3v) is 7.66. The molecular formula is C29H30N4O5S. The van der Waals surface area contributed by atoms with E-state index in [0.717, 1.165) is 24.8 Å². The Labute approximate surface area is 230 Å². The second kappa shape index (κ2) is 10.9. The molecule has 1 unspecified atom stereocenters. The number of imidazole rings is 1. The summed E-state index contributed by atoms with van der Waals surface area (Å²) in [5, 5.41) is 13.7. The fourth-order valence-electron chi connectivity index (χ4n) is 4.86. The van der Waals surface area contributed by atoms with Gasteiger partial charge in [0.1, 0.15) is 11.3 Å². The number of unbranched alkanes of at least 4 members (excludes halogenated alkanes) is 2. The average molecular weight is 547 g/mol. The molecule has 0 spiro atoms. The molecule has 1 aliphatic heterocycles. The third-order valence-electron chi connectivity index (χ3n) is 6.89. The van der Waals surface area contributed by atoms with Gasteiger partial charge in [-0.05, 0) is 49.6 Å². The number of carbonyl (C=O) groups is 2. The number of amides is 1. The molecule has 0 radical (unpaired) electrons. The minimum atomic E-state index is -0.940. The van der Waals surface area contributed by atoms with E-state index in [9.17, 15) is 14.7 Å². The molecule has 9 nitrogen and oxygen atoms in total. The Balaban J connectivity index is 1.66. The van der Waals surface area contributed by atoms with Crippen molar-refractivity contribution in [3.63, 3.8) is 0 Å². The second-order valence-electron chi connectivity index (χ2n) is 9.38. The zero-order valence-electron chi connectivity index (χ0n) is 22.3. The van der Waals surface area contributed by atoms with Gasteiger partial charge in [-0.1, -0.05) is 31.9 Å². The van der Waals surface area contributed by atoms with Crippen molar-refractivity contribution in [1.82, 2.24) is 14.4 Å². The van der Waals surface area contributed by atoms with Gasteiger partial charge >= 0.3 is 5.91 Å². The van der Waals surface area contributed by atoms with Gasteiger partial charge in [0.15, 0.2) is 22.4 Å². The van der Waals surface area contributed by atoms with Gasteiger partial charge in [0, 0.05) is 17.8 Å². The molecule has 39 heavy (non-hydrogen) atoms. The van der Waals surface area contributed by atoms with Crippen molar-refractivity contribution in [3.05, 3.63) is 76.2 Å². The van der Waals surface area contributed by atoms with Crippen molar-refractivity contribution in [1.29, 1.82) is 0 Å². The molecule has 1 amide bonds. The molecule has 1 saturated heterocycles. The Morgan fingerprint density at radius 1 is 1.15 bits per heavy atom. The number of Topliss-reactive ketones (excluding diaryl/α,β-unsaturated/α-hetero) is 1. The number of nitrogens with zero attached hydrogens (tertiary/aromatic N) is 4. The Morgan fingerprint density at radius 3 is 2.67 bits per heavy atom. The fourth-order valence-corrected chi connectivity index (χ4v) is 5.53. The summed E-state index contributed by atoms with van der Waals surface area (Å²) in [7, 11) is 1.54. The first-order valence-electron chi connectivity index (χ1n) is 12.8. The molecule has 0 bridgehead atoms. The number of methoxy groups -OCH3 is 1. The molecule has 0 aliphatic carbocycles. The summed E-state index contributed by atoms with van der Waals surface area (Å²) in [6.45, 7) is 6.41. The van der Waals surface area contributed by atoms with Crippen LogP contribution in [0.15, 0.2) is 53.7 Å². The number of ether oxygens (including phenoxy) is 2. The summed E-state index contributed by atoms with van der Waals surface area (Å²) < 4.78 is 13.4. The number of aryl methyl sites for hydroxylation is 2. The van der Waals surface area contributed by atoms with Gasteiger partial charge in [-0.25, -0.2) is 9.97 Å². The van der Waals surface area contributed by atoms with Gasteiger partial charge in [0.2, 0.25) is 0 Å². The fraction of sp³-hybridized carbons (Fsp3) is 0.310. The lowest BCUT2D eigenvalue weighted by molar-refractivity contribution is -0.132. The van der Waals surface area contributed by atoms with Gasteiger partial charge in [-0.3, -0.25) is 14.5 Å². The van der Waals surface area contributed by atoms with E-state index in [1.54, 1.807) is 29.8 Å². The zero-order chi connectivity index (χ0) is 27.7. The largest absolute Gasteiger partial charge is 0.505 e. The minimum Gasteiger partial charge on any atom is -0.505 e. The molecule has 5 rings (SSSR count). The average Bonchev–Trinajstić information content (AvgIpc) is 3.65. The number of carbonyl (C=O) groups excluding carboxylic acids is 2. The first kappa shape index (κ1) is 26.4. The molecule has 202 valence electrons. The third kappa shape index (κ3) is 4.65. The summed E-state index contributed by atoms with van der Waals surface area (Å²) in [6, 6.07) is 8.15. The number of hydrogen-bond donors (Lipinski definition) is 1. The molecule has 1 aromatic carbocycles. The lowest BCUT2D eigenvalue weighted by atomic mass is 9.96. The van der Waals surface area contributed by atoms with Crippen LogP contribution in [0.2, 0.25) is 0 Å². The molecule has 4 aromatic rings. The Morgan fingerprint density at radius 2 is 1.97 bits per heavy atom. The van der Waals surface area contributed by atoms with Gasteiger partial charge < -0.3 is 19.0 Å². The normalized spacial score (nSPS) is 16.8. The highest BCUT2D eigenvalue weighted by Gasteiger charge is 2.48. The number of benzene rings is 1. The maximum absolute atomic E-state index is 13.5. The van der Waals surface area contributed by atoms with Crippen molar-refractivity contribution in [2.45, 2.75) is 46.1 Å². The molecular weight excluding hydrogens is 516 g/mol. The van der Waals surface area contributed by atoms with Gasteiger partial charge in [0.25, 0.3) is 5.78 Å². The Kier molecular flexibility index (Phi) is 7.38.